The van der Waals surface area contributed by atoms with Crippen LogP contribution in [0.5, 0.6) is 11.5 Å². The molecule has 0 radical (unpaired) electrons. The predicted octanol–water partition coefficient (Wildman–Crippen LogP) is 2.39. The van der Waals surface area contributed by atoms with Crippen LogP contribution >= 0.6 is 0 Å². The van der Waals surface area contributed by atoms with E-state index in [4.69, 9.17) is 0 Å². The highest BCUT2D eigenvalue weighted by molar-refractivity contribution is 7.04. The van der Waals surface area contributed by atoms with E-state index in [-0.39, 0.29) is 17.3 Å². The quantitative estimate of drug-likeness (QED) is 0.735. The molecule has 2 heterocycles. The van der Waals surface area contributed by atoms with E-state index in [1.165, 1.54) is 6.42 Å². The summed E-state index contributed by atoms with van der Waals surface area (Å²) in [5, 5.41) is 22.0. The molecule has 0 aromatic heterocycles. The Labute approximate surface area is 130 Å². The van der Waals surface area contributed by atoms with E-state index in [1.54, 1.807) is 36.4 Å². The molecule has 0 saturated carbocycles. The largest absolute Gasteiger partial charge is 0.508 e. The van der Waals surface area contributed by atoms with Crippen LogP contribution in [0.1, 0.15) is 35.2 Å². The predicted molar refractivity (Wildman–Crippen MR) is 88.1 cm³/mol. The van der Waals surface area contributed by atoms with Crippen LogP contribution in [-0.2, 0) is 0 Å². The van der Waals surface area contributed by atoms with Crippen molar-refractivity contribution >= 4 is 24.2 Å². The average Bonchev–Trinajstić information content (AvgIpc) is 2.54. The van der Waals surface area contributed by atoms with Crippen molar-refractivity contribution in [2.45, 2.75) is 31.4 Å². The molecule has 0 amide bonds. The van der Waals surface area contributed by atoms with Crippen LogP contribution in [0.15, 0.2) is 36.4 Å². The Morgan fingerprint density at radius 1 is 0.773 bits per heavy atom. The minimum Gasteiger partial charge on any atom is -0.508 e. The topological polar surface area (TPSA) is 57.5 Å². The van der Waals surface area contributed by atoms with Gasteiger partial charge in [0.25, 0.3) is 0 Å². The lowest BCUT2D eigenvalue weighted by Crippen LogP contribution is -2.64. The van der Waals surface area contributed by atoms with Gasteiger partial charge in [-0.05, 0) is 58.9 Å². The molecule has 0 atom stereocenters. The zero-order valence-electron chi connectivity index (χ0n) is 12.3. The standard InChI is InChI=1S/C18H18O3Si/c19-12-4-6-14-16(10-12)22(8-2-1-3-9-22)17-11-13(20)5-7-15(17)18(14)21/h4-7,10-11,19-20H,1-3,8-9H2. The number of ketones is 1. The number of hydrogen-bond acceptors (Lipinski definition) is 3. The highest BCUT2D eigenvalue weighted by atomic mass is 28.3. The van der Waals surface area contributed by atoms with Crippen LogP contribution in [0.2, 0.25) is 12.1 Å². The summed E-state index contributed by atoms with van der Waals surface area (Å²) in [4.78, 5) is 12.8. The minimum absolute atomic E-state index is 0.0219. The first-order valence-corrected chi connectivity index (χ1v) is 10.2. The fourth-order valence-corrected chi connectivity index (χ4v) is 9.83. The minimum atomic E-state index is -2.06. The van der Waals surface area contributed by atoms with Gasteiger partial charge in [-0.15, -0.1) is 0 Å². The fraction of sp³-hybridized carbons (Fsp3) is 0.278. The summed E-state index contributed by atoms with van der Waals surface area (Å²) in [6, 6.07) is 12.5. The summed E-state index contributed by atoms with van der Waals surface area (Å²) in [5.41, 5.74) is 1.51. The smallest absolute Gasteiger partial charge is 0.192 e. The van der Waals surface area contributed by atoms with Crippen molar-refractivity contribution in [2.24, 2.45) is 0 Å². The van der Waals surface area contributed by atoms with Crippen LogP contribution in [0.3, 0.4) is 0 Å². The molecule has 4 heteroatoms. The van der Waals surface area contributed by atoms with Gasteiger partial charge in [-0.3, -0.25) is 4.79 Å². The van der Waals surface area contributed by atoms with Crippen molar-refractivity contribution in [2.75, 3.05) is 0 Å². The maximum atomic E-state index is 12.8. The highest BCUT2D eigenvalue weighted by Crippen LogP contribution is 2.34. The number of rotatable bonds is 0. The Morgan fingerprint density at radius 3 is 1.77 bits per heavy atom. The van der Waals surface area contributed by atoms with Gasteiger partial charge in [-0.25, -0.2) is 0 Å². The molecule has 1 saturated heterocycles. The van der Waals surface area contributed by atoms with Crippen molar-refractivity contribution in [3.05, 3.63) is 47.5 Å². The highest BCUT2D eigenvalue weighted by Gasteiger charge is 2.46. The summed E-state index contributed by atoms with van der Waals surface area (Å²) in [5.74, 6) is 0.480. The van der Waals surface area contributed by atoms with Gasteiger partial charge in [0, 0.05) is 11.1 Å². The second-order valence-electron chi connectivity index (χ2n) is 6.43. The van der Waals surface area contributed by atoms with E-state index in [0.29, 0.717) is 0 Å². The zero-order valence-corrected chi connectivity index (χ0v) is 13.3. The molecule has 3 nitrogen and oxygen atoms in total. The van der Waals surface area contributed by atoms with E-state index in [9.17, 15) is 15.0 Å². The summed E-state index contributed by atoms with van der Waals surface area (Å²) >= 11 is 0. The first-order chi connectivity index (χ1) is 10.6. The Bertz CT molecular complexity index is 718. The van der Waals surface area contributed by atoms with Gasteiger partial charge >= 0.3 is 0 Å². The molecule has 1 spiro atoms. The van der Waals surface area contributed by atoms with Gasteiger partial charge in [0.1, 0.15) is 19.6 Å². The fourth-order valence-electron chi connectivity index (χ4n) is 4.24. The molecule has 4 rings (SSSR count). The molecule has 0 aliphatic carbocycles. The number of carbonyl (C=O) groups excluding carboxylic acids is 1. The van der Waals surface area contributed by atoms with Crippen molar-refractivity contribution in [3.8, 4) is 11.5 Å². The van der Waals surface area contributed by atoms with Crippen molar-refractivity contribution in [3.63, 3.8) is 0 Å². The van der Waals surface area contributed by atoms with E-state index in [2.05, 4.69) is 0 Å². The molecule has 1 fully saturated rings. The third-order valence-corrected chi connectivity index (χ3v) is 10.5. The van der Waals surface area contributed by atoms with Gasteiger partial charge < -0.3 is 10.2 Å². The first kappa shape index (κ1) is 13.6. The van der Waals surface area contributed by atoms with Gasteiger partial charge in [-0.2, -0.15) is 0 Å². The molecule has 2 aromatic carbocycles. The summed E-state index contributed by atoms with van der Waals surface area (Å²) in [6.07, 6.45) is 3.54. The van der Waals surface area contributed by atoms with E-state index in [1.807, 2.05) is 0 Å². The summed E-state index contributed by atoms with van der Waals surface area (Å²) in [7, 11) is -2.06. The van der Waals surface area contributed by atoms with Gasteiger partial charge in [0.05, 0.1) is 0 Å². The molecule has 0 unspecified atom stereocenters. The van der Waals surface area contributed by atoms with Crippen molar-refractivity contribution in [1.29, 1.82) is 0 Å². The summed E-state index contributed by atoms with van der Waals surface area (Å²) in [6.45, 7) is 0. The maximum Gasteiger partial charge on any atom is 0.192 e. The molecule has 22 heavy (non-hydrogen) atoms. The second-order valence-corrected chi connectivity index (χ2v) is 10.7. The van der Waals surface area contributed by atoms with E-state index >= 15 is 0 Å². The lowest BCUT2D eigenvalue weighted by Gasteiger charge is -2.41. The number of phenols is 2. The van der Waals surface area contributed by atoms with Gasteiger partial charge in [0.15, 0.2) is 5.78 Å². The average molecular weight is 310 g/mol. The third-order valence-electron chi connectivity index (χ3n) is 5.23. The molecule has 2 aliphatic rings. The number of phenolic OH excluding ortho intramolecular Hbond substituents is 2. The normalized spacial score (nSPS) is 18.8. The number of hydrogen-bond donors (Lipinski definition) is 2. The van der Waals surface area contributed by atoms with Crippen molar-refractivity contribution < 1.29 is 15.0 Å². The molecule has 2 aliphatic heterocycles. The molecule has 112 valence electrons. The Kier molecular flexibility index (Phi) is 2.91. The molecule has 0 bridgehead atoms. The van der Waals surface area contributed by atoms with Crippen LogP contribution in [-0.4, -0.2) is 24.1 Å². The monoisotopic (exact) mass is 310 g/mol. The molecular formula is C18H18O3Si. The Balaban J connectivity index is 2.05. The van der Waals surface area contributed by atoms with Crippen LogP contribution in [0, 0.1) is 0 Å². The zero-order chi connectivity index (χ0) is 15.3. The number of carbonyl (C=O) groups is 1. The maximum absolute atomic E-state index is 12.8. The van der Waals surface area contributed by atoms with Gasteiger partial charge in [0.2, 0.25) is 0 Å². The molecule has 2 aromatic rings. The lowest BCUT2D eigenvalue weighted by molar-refractivity contribution is 0.104. The van der Waals surface area contributed by atoms with Crippen molar-refractivity contribution in [1.82, 2.24) is 0 Å². The third kappa shape index (κ3) is 1.77. The Hall–Kier alpha value is -2.07. The lowest BCUT2D eigenvalue weighted by atomic mass is 10.0. The second kappa shape index (κ2) is 4.71. The SMILES string of the molecule is O=C1c2ccc(O)cc2[Si]2(CCCCC2)c2cc(O)ccc21. The van der Waals surface area contributed by atoms with E-state index in [0.717, 1.165) is 46.4 Å². The van der Waals surface area contributed by atoms with Crippen LogP contribution < -0.4 is 10.4 Å². The van der Waals surface area contributed by atoms with E-state index < -0.39 is 8.07 Å². The molecule has 2 N–H and O–H groups in total. The number of aromatic hydroxyl groups is 2. The summed E-state index contributed by atoms with van der Waals surface area (Å²) < 4.78 is 0. The molecular weight excluding hydrogens is 292 g/mol. The van der Waals surface area contributed by atoms with Crippen LogP contribution in [0.25, 0.3) is 0 Å². The first-order valence-electron chi connectivity index (χ1n) is 7.83. The number of fused-ring (bicyclic) bond motifs is 4. The van der Waals surface area contributed by atoms with Gasteiger partial charge in [-0.1, -0.05) is 19.3 Å². The number of benzene rings is 2. The Morgan fingerprint density at radius 2 is 1.27 bits per heavy atom. The van der Waals surface area contributed by atoms with Crippen LogP contribution in [0.4, 0.5) is 0 Å².